The van der Waals surface area contributed by atoms with Gasteiger partial charge in [-0.05, 0) is 17.2 Å². The highest BCUT2D eigenvalue weighted by Crippen LogP contribution is 2.50. The van der Waals surface area contributed by atoms with Crippen LogP contribution < -0.4 is 11.5 Å². The number of aromatic nitrogens is 1. The highest BCUT2D eigenvalue weighted by Gasteiger charge is 2.25. The summed E-state index contributed by atoms with van der Waals surface area (Å²) < 4.78 is 0. The van der Waals surface area contributed by atoms with Gasteiger partial charge in [0.25, 0.3) is 0 Å². The quantitative estimate of drug-likeness (QED) is 0.597. The maximum atomic E-state index is 5.98. The van der Waals surface area contributed by atoms with Gasteiger partial charge in [0.2, 0.25) is 0 Å². The van der Waals surface area contributed by atoms with E-state index in [9.17, 15) is 0 Å². The summed E-state index contributed by atoms with van der Waals surface area (Å²) in [6.07, 6.45) is 1.64. The molecule has 0 saturated carbocycles. The number of hydrogen-bond donors (Lipinski definition) is 2. The van der Waals surface area contributed by atoms with E-state index in [1.807, 2.05) is 30.3 Å². The molecule has 16 heavy (non-hydrogen) atoms. The van der Waals surface area contributed by atoms with E-state index >= 15 is 0 Å². The Hall–Kier alpha value is -2.29. The predicted molar refractivity (Wildman–Crippen MR) is 66.3 cm³/mol. The van der Waals surface area contributed by atoms with Gasteiger partial charge in [-0.1, -0.05) is 30.3 Å². The van der Waals surface area contributed by atoms with Crippen molar-refractivity contribution in [3.8, 4) is 22.3 Å². The van der Waals surface area contributed by atoms with Crippen molar-refractivity contribution in [3.05, 3.63) is 42.6 Å². The second-order valence-corrected chi connectivity index (χ2v) is 3.77. The molecule has 0 atom stereocenters. The summed E-state index contributed by atoms with van der Waals surface area (Å²) in [7, 11) is 0. The zero-order valence-electron chi connectivity index (χ0n) is 8.64. The van der Waals surface area contributed by atoms with Crippen LogP contribution in [0.2, 0.25) is 0 Å². The fraction of sp³-hybridized carbons (Fsp3) is 0. The molecule has 0 saturated heterocycles. The third-order valence-electron chi connectivity index (χ3n) is 2.84. The first-order valence-corrected chi connectivity index (χ1v) is 5.09. The van der Waals surface area contributed by atoms with Crippen LogP contribution in [0.25, 0.3) is 22.3 Å². The summed E-state index contributed by atoms with van der Waals surface area (Å²) in [6.45, 7) is 0. The molecule has 0 radical (unpaired) electrons. The van der Waals surface area contributed by atoms with Gasteiger partial charge in [0.05, 0.1) is 0 Å². The van der Waals surface area contributed by atoms with Crippen LogP contribution in [0, 0.1) is 0 Å². The molecular formula is C13H11N3. The molecule has 0 aromatic carbocycles. The van der Waals surface area contributed by atoms with Crippen molar-refractivity contribution >= 4 is 11.5 Å². The second kappa shape index (κ2) is 3.10. The fourth-order valence-corrected chi connectivity index (χ4v) is 2.10. The van der Waals surface area contributed by atoms with Gasteiger partial charge in [0.15, 0.2) is 0 Å². The Bertz CT molecular complexity index is 553. The molecule has 3 heteroatoms. The topological polar surface area (TPSA) is 64.9 Å². The smallest absolute Gasteiger partial charge is 0.131 e. The maximum Gasteiger partial charge on any atom is 0.131 e. The van der Waals surface area contributed by atoms with Gasteiger partial charge in [-0.25, -0.2) is 4.98 Å². The molecule has 0 unspecified atom stereocenters. The molecule has 3 nitrogen and oxygen atoms in total. The Kier molecular flexibility index (Phi) is 1.74. The molecular weight excluding hydrogens is 198 g/mol. The lowest BCUT2D eigenvalue weighted by Crippen LogP contribution is -2.02. The largest absolute Gasteiger partial charge is 0.398 e. The first-order chi connectivity index (χ1) is 7.79. The van der Waals surface area contributed by atoms with Crippen LogP contribution >= 0.6 is 0 Å². The Labute approximate surface area is 93.4 Å². The SMILES string of the molecule is Nc1ccnc(N)c2c3cccccc-3c1-2. The molecule has 1 aliphatic heterocycles. The zero-order valence-corrected chi connectivity index (χ0v) is 8.64. The van der Waals surface area contributed by atoms with Gasteiger partial charge < -0.3 is 11.5 Å². The molecule has 3 rings (SSSR count). The lowest BCUT2D eigenvalue weighted by molar-refractivity contribution is 1.37. The number of fused-ring (bicyclic) bond motifs is 4. The van der Waals surface area contributed by atoms with Gasteiger partial charge in [0.1, 0.15) is 5.82 Å². The summed E-state index contributed by atoms with van der Waals surface area (Å²) in [4.78, 5) is 4.13. The monoisotopic (exact) mass is 209 g/mol. The van der Waals surface area contributed by atoms with Crippen LogP contribution in [0.3, 0.4) is 0 Å². The van der Waals surface area contributed by atoms with E-state index < -0.39 is 0 Å². The van der Waals surface area contributed by atoms with Crippen LogP contribution in [0.15, 0.2) is 42.6 Å². The van der Waals surface area contributed by atoms with Crippen LogP contribution in [-0.4, -0.2) is 4.98 Å². The molecule has 78 valence electrons. The number of rotatable bonds is 0. The van der Waals surface area contributed by atoms with Crippen molar-refractivity contribution in [3.63, 3.8) is 0 Å². The van der Waals surface area contributed by atoms with E-state index in [2.05, 4.69) is 4.98 Å². The van der Waals surface area contributed by atoms with E-state index in [-0.39, 0.29) is 0 Å². The summed E-state index contributed by atoms with van der Waals surface area (Å²) >= 11 is 0. The van der Waals surface area contributed by atoms with Gasteiger partial charge in [-0.2, -0.15) is 0 Å². The third-order valence-corrected chi connectivity index (χ3v) is 2.84. The highest BCUT2D eigenvalue weighted by molar-refractivity contribution is 6.09. The molecule has 0 aromatic heterocycles. The number of nitrogens with two attached hydrogens (primary N) is 2. The normalized spacial score (nSPS) is 11.0. The summed E-state index contributed by atoms with van der Waals surface area (Å²) in [5.74, 6) is 0.533. The van der Waals surface area contributed by atoms with Gasteiger partial charge in [0, 0.05) is 23.0 Å². The van der Waals surface area contributed by atoms with Crippen molar-refractivity contribution < 1.29 is 0 Å². The lowest BCUT2D eigenvalue weighted by atomic mass is 9.82. The third kappa shape index (κ3) is 1.05. The Morgan fingerprint density at radius 2 is 1.50 bits per heavy atom. The number of hydrogen-bond acceptors (Lipinski definition) is 3. The second-order valence-electron chi connectivity index (χ2n) is 3.77. The molecule has 0 spiro atoms. The van der Waals surface area contributed by atoms with E-state index in [4.69, 9.17) is 11.5 Å². The molecule has 1 heterocycles. The van der Waals surface area contributed by atoms with Crippen molar-refractivity contribution in [2.45, 2.75) is 0 Å². The zero-order chi connectivity index (χ0) is 11.1. The standard InChI is InChI=1S/C13H11N3/c14-10-6-7-16-13(15)12-9-5-3-1-2-4-8(9)11(10)12/h1-7H,14H2,(H2,15,16). The molecule has 0 aromatic rings. The first kappa shape index (κ1) is 8.97. The van der Waals surface area contributed by atoms with Crippen molar-refractivity contribution in [2.24, 2.45) is 0 Å². The Morgan fingerprint density at radius 3 is 2.25 bits per heavy atom. The summed E-state index contributed by atoms with van der Waals surface area (Å²) in [5.41, 5.74) is 16.9. The minimum absolute atomic E-state index is 0.533. The van der Waals surface area contributed by atoms with Crippen LogP contribution in [0.4, 0.5) is 11.5 Å². The van der Waals surface area contributed by atoms with E-state index in [0.29, 0.717) is 5.82 Å². The van der Waals surface area contributed by atoms with Crippen LogP contribution in [0.1, 0.15) is 0 Å². The summed E-state index contributed by atoms with van der Waals surface area (Å²) in [6, 6.07) is 11.8. The predicted octanol–water partition coefficient (Wildman–Crippen LogP) is 2.46. The first-order valence-electron chi connectivity index (χ1n) is 5.09. The minimum atomic E-state index is 0.533. The van der Waals surface area contributed by atoms with Crippen LogP contribution in [-0.2, 0) is 0 Å². The van der Waals surface area contributed by atoms with Gasteiger partial charge in [-0.3, -0.25) is 0 Å². The van der Waals surface area contributed by atoms with Gasteiger partial charge in [-0.15, -0.1) is 0 Å². The summed E-state index contributed by atoms with van der Waals surface area (Å²) in [5, 5.41) is 0. The van der Waals surface area contributed by atoms with Crippen molar-refractivity contribution in [2.75, 3.05) is 11.5 Å². The molecule has 2 aliphatic carbocycles. The number of nitrogen functional groups attached to an aromatic ring is 2. The molecule has 0 bridgehead atoms. The average Bonchev–Trinajstić information content (AvgIpc) is 2.47. The number of nitrogens with zero attached hydrogens (tertiary/aromatic N) is 1. The molecule has 3 aliphatic rings. The van der Waals surface area contributed by atoms with Gasteiger partial charge >= 0.3 is 0 Å². The molecule has 4 N–H and O–H groups in total. The van der Waals surface area contributed by atoms with E-state index in [0.717, 1.165) is 27.9 Å². The Morgan fingerprint density at radius 1 is 0.812 bits per heavy atom. The average molecular weight is 209 g/mol. The number of anilines is 2. The fourth-order valence-electron chi connectivity index (χ4n) is 2.10. The maximum absolute atomic E-state index is 5.98. The van der Waals surface area contributed by atoms with Crippen LogP contribution in [0.5, 0.6) is 0 Å². The highest BCUT2D eigenvalue weighted by atomic mass is 14.8. The minimum Gasteiger partial charge on any atom is -0.398 e. The lowest BCUT2D eigenvalue weighted by Gasteiger charge is -2.22. The van der Waals surface area contributed by atoms with E-state index in [1.54, 1.807) is 12.3 Å². The molecule has 0 fully saturated rings. The Balaban J connectivity index is 2.47. The van der Waals surface area contributed by atoms with E-state index in [1.165, 1.54) is 0 Å². The van der Waals surface area contributed by atoms with Crippen molar-refractivity contribution in [1.82, 2.24) is 4.98 Å². The molecule has 0 amide bonds. The van der Waals surface area contributed by atoms with Crippen molar-refractivity contribution in [1.29, 1.82) is 0 Å².